The maximum absolute atomic E-state index is 12.5. The number of nitrogens with zero attached hydrogens (tertiary/aromatic N) is 1. The van der Waals surface area contributed by atoms with Crippen LogP contribution in [-0.2, 0) is 14.8 Å². The molecule has 1 aliphatic heterocycles. The lowest BCUT2D eigenvalue weighted by molar-refractivity contribution is -0.0689. The van der Waals surface area contributed by atoms with Crippen molar-refractivity contribution in [1.29, 1.82) is 0 Å². The van der Waals surface area contributed by atoms with Gasteiger partial charge < -0.3 is 15.3 Å². The summed E-state index contributed by atoms with van der Waals surface area (Å²) in [6, 6.07) is 6.14. The number of likely N-dealkylation sites (N-methyl/N-ethyl adjacent to an activating group) is 1. The highest BCUT2D eigenvalue weighted by atomic mass is 32.2. The Morgan fingerprint density at radius 1 is 1.33 bits per heavy atom. The van der Waals surface area contributed by atoms with Crippen LogP contribution in [0.15, 0.2) is 29.2 Å². The molecule has 1 aliphatic rings. The monoisotopic (exact) mass is 315 g/mol. The number of rotatable bonds is 5. The van der Waals surface area contributed by atoms with Gasteiger partial charge >= 0.3 is 0 Å². The molecule has 0 atom stereocenters. The number of benzene rings is 1. The fourth-order valence-corrected chi connectivity index (χ4v) is 3.56. The molecule has 1 aromatic carbocycles. The average Bonchev–Trinajstić information content (AvgIpc) is 2.47. The van der Waals surface area contributed by atoms with Crippen LogP contribution >= 0.6 is 0 Å². The van der Waals surface area contributed by atoms with E-state index in [9.17, 15) is 13.5 Å². The van der Waals surface area contributed by atoms with Crippen molar-refractivity contribution in [2.45, 2.75) is 23.3 Å². The van der Waals surface area contributed by atoms with Crippen molar-refractivity contribution in [2.75, 3.05) is 32.2 Å². The predicted octanol–water partition coefficient (Wildman–Crippen LogP) is 0.134. The molecule has 8 heteroatoms. The smallest absolute Gasteiger partial charge is 0.242 e. The van der Waals surface area contributed by atoms with Crippen molar-refractivity contribution in [3.05, 3.63) is 24.3 Å². The van der Waals surface area contributed by atoms with Gasteiger partial charge in [0, 0.05) is 45.3 Å². The molecule has 0 aromatic heterocycles. The molecule has 21 heavy (non-hydrogen) atoms. The largest absolute Gasteiger partial charge is 0.388 e. The second-order valence-corrected chi connectivity index (χ2v) is 7.31. The molecule has 0 unspecified atom stereocenters. The van der Waals surface area contributed by atoms with Crippen molar-refractivity contribution >= 4 is 15.7 Å². The van der Waals surface area contributed by atoms with E-state index < -0.39 is 15.6 Å². The van der Waals surface area contributed by atoms with Crippen LogP contribution in [-0.4, -0.2) is 50.2 Å². The summed E-state index contributed by atoms with van der Waals surface area (Å²) >= 11 is 0. The van der Waals surface area contributed by atoms with Gasteiger partial charge in [0.1, 0.15) is 0 Å². The van der Waals surface area contributed by atoms with Gasteiger partial charge in [-0.25, -0.2) is 8.42 Å². The summed E-state index contributed by atoms with van der Waals surface area (Å²) < 4.78 is 31.3. The third-order valence-corrected chi connectivity index (χ3v) is 5.49. The highest BCUT2D eigenvalue weighted by Gasteiger charge is 2.34. The first-order chi connectivity index (χ1) is 9.87. The molecule has 2 rings (SSSR count). The van der Waals surface area contributed by atoms with E-state index in [1.54, 1.807) is 12.1 Å². The molecule has 0 aliphatic carbocycles. The minimum Gasteiger partial charge on any atom is -0.388 e. The van der Waals surface area contributed by atoms with E-state index in [0.29, 0.717) is 31.7 Å². The second kappa shape index (κ2) is 6.29. The van der Waals surface area contributed by atoms with Crippen LogP contribution < -0.4 is 11.3 Å². The van der Waals surface area contributed by atoms with Gasteiger partial charge in [0.2, 0.25) is 10.0 Å². The van der Waals surface area contributed by atoms with E-state index in [-0.39, 0.29) is 11.4 Å². The Kier molecular flexibility index (Phi) is 4.84. The van der Waals surface area contributed by atoms with Crippen LogP contribution in [0.5, 0.6) is 0 Å². The number of nitrogen functional groups attached to an aromatic ring is 1. The third-order valence-electron chi connectivity index (χ3n) is 3.67. The molecule has 118 valence electrons. The fourth-order valence-electron chi connectivity index (χ4n) is 2.31. The Labute approximate surface area is 124 Å². The van der Waals surface area contributed by atoms with E-state index in [1.807, 2.05) is 0 Å². The van der Waals surface area contributed by atoms with Gasteiger partial charge in [-0.1, -0.05) is 0 Å². The summed E-state index contributed by atoms with van der Waals surface area (Å²) in [6.07, 6.45) is 0.867. The van der Waals surface area contributed by atoms with Crippen molar-refractivity contribution in [2.24, 2.45) is 5.84 Å². The van der Waals surface area contributed by atoms with Crippen LogP contribution in [0, 0.1) is 0 Å². The lowest BCUT2D eigenvalue weighted by Gasteiger charge is -2.35. The van der Waals surface area contributed by atoms with Crippen LogP contribution in [0.4, 0.5) is 5.69 Å². The van der Waals surface area contributed by atoms with Gasteiger partial charge in [0.15, 0.2) is 0 Å². The number of nitrogens with two attached hydrogens (primary N) is 1. The first kappa shape index (κ1) is 16.2. The van der Waals surface area contributed by atoms with Crippen LogP contribution in [0.1, 0.15) is 12.8 Å². The molecule has 1 saturated heterocycles. The molecular weight excluding hydrogens is 294 g/mol. The quantitative estimate of drug-likeness (QED) is 0.527. The second-order valence-electron chi connectivity index (χ2n) is 5.27. The minimum atomic E-state index is -3.64. The first-order valence-corrected chi connectivity index (χ1v) is 8.15. The zero-order valence-corrected chi connectivity index (χ0v) is 12.8. The highest BCUT2D eigenvalue weighted by molar-refractivity contribution is 7.89. The van der Waals surface area contributed by atoms with E-state index >= 15 is 0 Å². The number of nitrogens with one attached hydrogen (secondary N) is 1. The van der Waals surface area contributed by atoms with E-state index in [0.717, 1.165) is 0 Å². The summed E-state index contributed by atoms with van der Waals surface area (Å²) in [5, 5.41) is 10.4. The number of hydrogen-bond acceptors (Lipinski definition) is 6. The SMILES string of the molecule is CN(CC1(O)CCOCC1)S(=O)(=O)c1ccc(NN)cc1. The zero-order valence-electron chi connectivity index (χ0n) is 11.9. The Hall–Kier alpha value is -1.19. The lowest BCUT2D eigenvalue weighted by atomic mass is 9.95. The molecule has 1 heterocycles. The number of ether oxygens (including phenoxy) is 1. The number of sulfonamides is 1. The molecule has 7 nitrogen and oxygen atoms in total. The summed E-state index contributed by atoms with van der Waals surface area (Å²) in [5.74, 6) is 5.26. The van der Waals surface area contributed by atoms with Crippen molar-refractivity contribution in [3.63, 3.8) is 0 Å². The Morgan fingerprint density at radius 2 is 1.90 bits per heavy atom. The molecular formula is C13H21N3O4S. The summed E-state index contributed by atoms with van der Waals surface area (Å²) in [5.41, 5.74) is 2.04. The van der Waals surface area contributed by atoms with Gasteiger partial charge in [-0.3, -0.25) is 5.84 Å². The van der Waals surface area contributed by atoms with Crippen molar-refractivity contribution < 1.29 is 18.3 Å². The zero-order chi connectivity index (χ0) is 15.5. The topological polar surface area (TPSA) is 105 Å². The standard InChI is InChI=1S/C13H21N3O4S/c1-16(10-13(17)6-8-20-9-7-13)21(18,19)12-4-2-11(15-14)3-5-12/h2-5,15,17H,6-10,14H2,1H3. The molecule has 0 bridgehead atoms. The highest BCUT2D eigenvalue weighted by Crippen LogP contribution is 2.24. The molecule has 0 radical (unpaired) electrons. The first-order valence-electron chi connectivity index (χ1n) is 6.71. The van der Waals surface area contributed by atoms with Crippen molar-refractivity contribution in [3.8, 4) is 0 Å². The molecule has 0 spiro atoms. The molecule has 0 amide bonds. The number of aliphatic hydroxyl groups is 1. The number of hydrogen-bond donors (Lipinski definition) is 3. The summed E-state index contributed by atoms with van der Waals surface area (Å²) in [7, 11) is -2.17. The van der Waals surface area contributed by atoms with Gasteiger partial charge in [0.05, 0.1) is 10.5 Å². The van der Waals surface area contributed by atoms with Crippen LogP contribution in [0.3, 0.4) is 0 Å². The molecule has 1 aromatic rings. The summed E-state index contributed by atoms with van der Waals surface area (Å²) in [4.78, 5) is 0.166. The average molecular weight is 315 g/mol. The van der Waals surface area contributed by atoms with Gasteiger partial charge in [0.25, 0.3) is 0 Å². The van der Waals surface area contributed by atoms with E-state index in [1.165, 1.54) is 23.5 Å². The summed E-state index contributed by atoms with van der Waals surface area (Å²) in [6.45, 7) is 0.943. The maximum atomic E-state index is 12.5. The lowest BCUT2D eigenvalue weighted by Crippen LogP contribution is -2.47. The Bertz CT molecular complexity index is 568. The fraction of sp³-hybridized carbons (Fsp3) is 0.538. The van der Waals surface area contributed by atoms with E-state index in [2.05, 4.69) is 5.43 Å². The molecule has 4 N–H and O–H groups in total. The number of hydrazine groups is 1. The Balaban J connectivity index is 2.13. The van der Waals surface area contributed by atoms with Gasteiger partial charge in [-0.2, -0.15) is 4.31 Å². The van der Waals surface area contributed by atoms with Crippen LogP contribution in [0.25, 0.3) is 0 Å². The normalized spacial score (nSPS) is 18.7. The molecule has 1 fully saturated rings. The maximum Gasteiger partial charge on any atom is 0.242 e. The third kappa shape index (κ3) is 3.72. The Morgan fingerprint density at radius 3 is 2.43 bits per heavy atom. The van der Waals surface area contributed by atoms with E-state index in [4.69, 9.17) is 10.6 Å². The van der Waals surface area contributed by atoms with Gasteiger partial charge in [-0.05, 0) is 24.3 Å². The number of anilines is 1. The van der Waals surface area contributed by atoms with Gasteiger partial charge in [-0.15, -0.1) is 0 Å². The van der Waals surface area contributed by atoms with Crippen molar-refractivity contribution in [1.82, 2.24) is 4.31 Å². The van der Waals surface area contributed by atoms with Crippen LogP contribution in [0.2, 0.25) is 0 Å². The minimum absolute atomic E-state index is 0.0512. The molecule has 0 saturated carbocycles. The predicted molar refractivity (Wildman–Crippen MR) is 79.1 cm³/mol.